The molecule has 0 unspecified atom stereocenters. The summed E-state index contributed by atoms with van der Waals surface area (Å²) in [6, 6.07) is 8.35. The van der Waals surface area contributed by atoms with Crippen molar-refractivity contribution in [1.82, 2.24) is 4.57 Å². The van der Waals surface area contributed by atoms with Crippen molar-refractivity contribution >= 4 is 28.9 Å². The smallest absolute Gasteiger partial charge is 0.272 e. The maximum atomic E-state index is 12.4. The molecule has 0 spiro atoms. The highest BCUT2D eigenvalue weighted by Gasteiger charge is 2.14. The fourth-order valence-electron chi connectivity index (χ4n) is 2.05. The van der Waals surface area contributed by atoms with Crippen molar-refractivity contribution in [2.45, 2.75) is 19.9 Å². The molecule has 2 rings (SSSR count). The number of carbonyl (C=O) groups is 1. The third-order valence-corrected chi connectivity index (χ3v) is 3.20. The molecule has 108 valence electrons. The van der Waals surface area contributed by atoms with E-state index in [-0.39, 0.29) is 5.91 Å². The van der Waals surface area contributed by atoms with Gasteiger partial charge in [0.15, 0.2) is 0 Å². The van der Waals surface area contributed by atoms with E-state index in [2.05, 4.69) is 5.32 Å². The molecule has 0 saturated carbocycles. The third kappa shape index (κ3) is 3.36. The summed E-state index contributed by atoms with van der Waals surface area (Å²) in [5.74, 6) is -0.320. The number of amides is 1. The van der Waals surface area contributed by atoms with Crippen molar-refractivity contribution in [3.63, 3.8) is 0 Å². The lowest BCUT2D eigenvalue weighted by molar-refractivity contribution is 0.101. The maximum Gasteiger partial charge on any atom is 0.272 e. The lowest BCUT2D eigenvalue weighted by atomic mass is 10.2. The Morgan fingerprint density at radius 2 is 2.24 bits per heavy atom. The van der Waals surface area contributed by atoms with E-state index in [0.29, 0.717) is 34.2 Å². The summed E-state index contributed by atoms with van der Waals surface area (Å²) >= 11 is 5.90. The van der Waals surface area contributed by atoms with Crippen molar-refractivity contribution in [3.05, 3.63) is 46.7 Å². The lowest BCUT2D eigenvalue weighted by Gasteiger charge is -2.10. The number of carbonyl (C=O) groups excluding carboxylic acids is 1. The predicted molar refractivity (Wildman–Crippen MR) is 83.3 cm³/mol. The molecule has 0 aliphatic heterocycles. The second-order valence-electron chi connectivity index (χ2n) is 4.61. The van der Waals surface area contributed by atoms with Crippen LogP contribution in [0.25, 0.3) is 0 Å². The SMILES string of the molecule is CCCn1cc(N)cc1C(=O)Nc1cc(Cl)ccc1C#N. The van der Waals surface area contributed by atoms with Crippen LogP contribution in [0.5, 0.6) is 0 Å². The molecular weight excluding hydrogens is 288 g/mol. The van der Waals surface area contributed by atoms with E-state index in [0.717, 1.165) is 6.42 Å². The van der Waals surface area contributed by atoms with E-state index in [1.807, 2.05) is 13.0 Å². The fraction of sp³-hybridized carbons (Fsp3) is 0.200. The van der Waals surface area contributed by atoms with Gasteiger partial charge in [0.1, 0.15) is 11.8 Å². The molecule has 6 heteroatoms. The molecule has 21 heavy (non-hydrogen) atoms. The van der Waals surface area contributed by atoms with E-state index < -0.39 is 0 Å². The number of halogens is 1. The van der Waals surface area contributed by atoms with E-state index in [1.165, 1.54) is 0 Å². The monoisotopic (exact) mass is 302 g/mol. The number of nitrogens with zero attached hydrogens (tertiary/aromatic N) is 2. The van der Waals surface area contributed by atoms with Gasteiger partial charge in [-0.3, -0.25) is 4.79 Å². The first kappa shape index (κ1) is 14.9. The average molecular weight is 303 g/mol. The van der Waals surface area contributed by atoms with Gasteiger partial charge in [-0.1, -0.05) is 18.5 Å². The third-order valence-electron chi connectivity index (χ3n) is 2.97. The second-order valence-corrected chi connectivity index (χ2v) is 5.04. The summed E-state index contributed by atoms with van der Waals surface area (Å²) in [5.41, 5.74) is 7.47. The summed E-state index contributed by atoms with van der Waals surface area (Å²) < 4.78 is 1.79. The summed E-state index contributed by atoms with van der Waals surface area (Å²) in [6.45, 7) is 2.71. The minimum atomic E-state index is -0.320. The van der Waals surface area contributed by atoms with Gasteiger partial charge in [0.2, 0.25) is 0 Å². The van der Waals surface area contributed by atoms with Gasteiger partial charge < -0.3 is 15.6 Å². The van der Waals surface area contributed by atoms with Crippen LogP contribution < -0.4 is 11.1 Å². The van der Waals surface area contributed by atoms with Gasteiger partial charge in [-0.2, -0.15) is 5.26 Å². The number of hydrogen-bond donors (Lipinski definition) is 2. The molecule has 0 aliphatic rings. The molecule has 0 aliphatic carbocycles. The molecule has 0 radical (unpaired) electrons. The molecule has 1 heterocycles. The number of nitrogen functional groups attached to an aromatic ring is 1. The number of anilines is 2. The number of hydrogen-bond acceptors (Lipinski definition) is 3. The Morgan fingerprint density at radius 3 is 2.90 bits per heavy atom. The highest BCUT2D eigenvalue weighted by molar-refractivity contribution is 6.31. The summed E-state index contributed by atoms with van der Waals surface area (Å²) in [6.07, 6.45) is 2.61. The summed E-state index contributed by atoms with van der Waals surface area (Å²) in [5, 5.41) is 12.2. The highest BCUT2D eigenvalue weighted by Crippen LogP contribution is 2.22. The van der Waals surface area contributed by atoms with Crippen molar-refractivity contribution in [3.8, 4) is 6.07 Å². The van der Waals surface area contributed by atoms with Crippen molar-refractivity contribution in [2.24, 2.45) is 0 Å². The van der Waals surface area contributed by atoms with Crippen LogP contribution in [0.15, 0.2) is 30.5 Å². The second kappa shape index (κ2) is 6.33. The van der Waals surface area contributed by atoms with E-state index in [9.17, 15) is 4.79 Å². The first-order chi connectivity index (χ1) is 10.0. The standard InChI is InChI=1S/C15H15ClN4O/c1-2-5-20-9-12(18)7-14(20)15(21)19-13-6-11(16)4-3-10(13)8-17/h3-4,6-7,9H,2,5,18H2,1H3,(H,19,21). The first-order valence-electron chi connectivity index (χ1n) is 6.51. The molecule has 1 aromatic heterocycles. The van der Waals surface area contributed by atoms with E-state index >= 15 is 0 Å². The van der Waals surface area contributed by atoms with Gasteiger partial charge in [0.05, 0.1) is 16.9 Å². The normalized spacial score (nSPS) is 10.1. The number of nitrogens with two attached hydrogens (primary N) is 1. The maximum absolute atomic E-state index is 12.4. The number of rotatable bonds is 4. The molecule has 0 atom stereocenters. The van der Waals surface area contributed by atoms with Gasteiger partial charge in [0.25, 0.3) is 5.91 Å². The Kier molecular flexibility index (Phi) is 4.51. The Bertz CT molecular complexity index is 715. The van der Waals surface area contributed by atoms with E-state index in [4.69, 9.17) is 22.6 Å². The minimum Gasteiger partial charge on any atom is -0.397 e. The van der Waals surface area contributed by atoms with Crippen LogP contribution in [0.2, 0.25) is 5.02 Å². The number of nitriles is 1. The first-order valence-corrected chi connectivity index (χ1v) is 6.89. The molecule has 3 N–H and O–H groups in total. The molecule has 1 aromatic carbocycles. The molecule has 2 aromatic rings. The van der Waals surface area contributed by atoms with Crippen LogP contribution in [0.1, 0.15) is 29.4 Å². The molecule has 1 amide bonds. The van der Waals surface area contributed by atoms with Crippen LogP contribution >= 0.6 is 11.6 Å². The van der Waals surface area contributed by atoms with Crippen LogP contribution in [0.3, 0.4) is 0 Å². The number of aryl methyl sites for hydroxylation is 1. The quantitative estimate of drug-likeness (QED) is 0.909. The van der Waals surface area contributed by atoms with Crippen LogP contribution in [0.4, 0.5) is 11.4 Å². The molecule has 5 nitrogen and oxygen atoms in total. The molecule has 0 saturated heterocycles. The zero-order valence-electron chi connectivity index (χ0n) is 11.6. The Balaban J connectivity index is 2.30. The van der Waals surface area contributed by atoms with Crippen LogP contribution in [0, 0.1) is 11.3 Å². The van der Waals surface area contributed by atoms with Crippen molar-refractivity contribution in [1.29, 1.82) is 5.26 Å². The average Bonchev–Trinajstić information content (AvgIpc) is 2.80. The Labute approximate surface area is 127 Å². The summed E-state index contributed by atoms with van der Waals surface area (Å²) in [4.78, 5) is 12.4. The molecular formula is C15H15ClN4O. The molecule has 0 fully saturated rings. The van der Waals surface area contributed by atoms with Crippen LogP contribution in [-0.4, -0.2) is 10.5 Å². The van der Waals surface area contributed by atoms with Gasteiger partial charge in [-0.05, 0) is 30.7 Å². The van der Waals surface area contributed by atoms with Gasteiger partial charge in [-0.15, -0.1) is 0 Å². The Hall–Kier alpha value is -2.45. The van der Waals surface area contributed by atoms with Crippen LogP contribution in [-0.2, 0) is 6.54 Å². The Morgan fingerprint density at radius 1 is 1.48 bits per heavy atom. The minimum absolute atomic E-state index is 0.320. The number of aromatic nitrogens is 1. The highest BCUT2D eigenvalue weighted by atomic mass is 35.5. The van der Waals surface area contributed by atoms with Gasteiger partial charge in [0, 0.05) is 17.8 Å². The number of benzene rings is 1. The van der Waals surface area contributed by atoms with Crippen molar-refractivity contribution < 1.29 is 4.79 Å². The zero-order valence-corrected chi connectivity index (χ0v) is 12.3. The van der Waals surface area contributed by atoms with Gasteiger partial charge >= 0.3 is 0 Å². The van der Waals surface area contributed by atoms with Crippen molar-refractivity contribution in [2.75, 3.05) is 11.1 Å². The zero-order chi connectivity index (χ0) is 15.4. The fourth-order valence-corrected chi connectivity index (χ4v) is 2.23. The molecule has 0 bridgehead atoms. The van der Waals surface area contributed by atoms with E-state index in [1.54, 1.807) is 35.0 Å². The summed E-state index contributed by atoms with van der Waals surface area (Å²) in [7, 11) is 0. The number of nitrogens with one attached hydrogen (secondary N) is 1. The predicted octanol–water partition coefficient (Wildman–Crippen LogP) is 3.26. The largest absolute Gasteiger partial charge is 0.397 e. The van der Waals surface area contributed by atoms with Gasteiger partial charge in [-0.25, -0.2) is 0 Å². The topological polar surface area (TPSA) is 83.8 Å². The lowest BCUT2D eigenvalue weighted by Crippen LogP contribution is -2.17.